The summed E-state index contributed by atoms with van der Waals surface area (Å²) in [7, 11) is 3.44. The molecule has 0 aromatic heterocycles. The molecular weight excluding hydrogens is 331 g/mol. The maximum atomic E-state index is 13.8. The molecule has 2 rings (SSSR count). The van der Waals surface area contributed by atoms with E-state index in [2.05, 4.69) is 5.32 Å². The van der Waals surface area contributed by atoms with E-state index < -0.39 is 0 Å². The standard InChI is InChI=1S/C18H20ClFN2O2/c1-22(11-15-16(19)4-3-5-17(15)20)12-18(23)21-10-13-6-8-14(24-2)9-7-13/h3-9H,10-12H2,1-2H3,(H,21,23)/p+1. The largest absolute Gasteiger partial charge is 0.497 e. The highest BCUT2D eigenvalue weighted by atomic mass is 35.5. The van der Waals surface area contributed by atoms with Crippen LogP contribution < -0.4 is 15.0 Å². The number of ether oxygens (including phenoxy) is 1. The first-order valence-electron chi connectivity index (χ1n) is 7.63. The molecule has 6 heteroatoms. The second-order valence-corrected chi connectivity index (χ2v) is 6.04. The summed E-state index contributed by atoms with van der Waals surface area (Å²) >= 11 is 6.01. The molecule has 0 aliphatic heterocycles. The molecule has 1 atom stereocenters. The summed E-state index contributed by atoms with van der Waals surface area (Å²) in [5.74, 6) is 0.326. The molecule has 24 heavy (non-hydrogen) atoms. The van der Waals surface area contributed by atoms with Crippen LogP contribution in [0.4, 0.5) is 4.39 Å². The minimum atomic E-state index is -0.347. The van der Waals surface area contributed by atoms with Crippen LogP contribution in [0.2, 0.25) is 5.02 Å². The Morgan fingerprint density at radius 2 is 1.96 bits per heavy atom. The van der Waals surface area contributed by atoms with E-state index in [0.717, 1.165) is 16.2 Å². The van der Waals surface area contributed by atoms with E-state index in [1.807, 2.05) is 31.3 Å². The molecular formula is C18H21ClFN2O2+. The average Bonchev–Trinajstić information content (AvgIpc) is 2.57. The first-order chi connectivity index (χ1) is 11.5. The van der Waals surface area contributed by atoms with Gasteiger partial charge < -0.3 is 15.0 Å². The zero-order valence-corrected chi connectivity index (χ0v) is 14.5. The molecule has 1 unspecified atom stereocenters. The van der Waals surface area contributed by atoms with Gasteiger partial charge in [-0.05, 0) is 29.8 Å². The molecule has 0 heterocycles. The molecule has 1 amide bonds. The van der Waals surface area contributed by atoms with Crippen molar-refractivity contribution in [1.29, 1.82) is 0 Å². The van der Waals surface area contributed by atoms with Crippen molar-refractivity contribution in [2.24, 2.45) is 0 Å². The van der Waals surface area contributed by atoms with Crippen LogP contribution in [0.25, 0.3) is 0 Å². The van der Waals surface area contributed by atoms with Crippen molar-refractivity contribution in [3.8, 4) is 5.75 Å². The van der Waals surface area contributed by atoms with E-state index in [1.54, 1.807) is 19.2 Å². The Kier molecular flexibility index (Phi) is 6.58. The fourth-order valence-corrected chi connectivity index (χ4v) is 2.58. The summed E-state index contributed by atoms with van der Waals surface area (Å²) in [4.78, 5) is 12.9. The third-order valence-electron chi connectivity index (χ3n) is 3.65. The summed E-state index contributed by atoms with van der Waals surface area (Å²) < 4.78 is 18.9. The third kappa shape index (κ3) is 5.22. The number of quaternary nitrogens is 1. The summed E-state index contributed by atoms with van der Waals surface area (Å²) in [5.41, 5.74) is 1.42. The molecule has 0 aliphatic carbocycles. The number of halogens is 2. The Balaban J connectivity index is 1.83. The van der Waals surface area contributed by atoms with Gasteiger partial charge in [0.1, 0.15) is 18.1 Å². The highest BCUT2D eigenvalue weighted by Gasteiger charge is 2.15. The van der Waals surface area contributed by atoms with Gasteiger partial charge in [-0.3, -0.25) is 4.79 Å². The molecule has 0 saturated heterocycles. The average molecular weight is 352 g/mol. The van der Waals surface area contributed by atoms with Crippen LogP contribution in [0.15, 0.2) is 42.5 Å². The van der Waals surface area contributed by atoms with E-state index in [0.29, 0.717) is 23.7 Å². The molecule has 0 aliphatic rings. The minimum absolute atomic E-state index is 0.101. The van der Waals surface area contributed by atoms with Crippen molar-refractivity contribution >= 4 is 17.5 Å². The van der Waals surface area contributed by atoms with Crippen molar-refractivity contribution in [3.63, 3.8) is 0 Å². The topological polar surface area (TPSA) is 42.8 Å². The Hall–Kier alpha value is -2.11. The van der Waals surface area contributed by atoms with Crippen molar-refractivity contribution in [3.05, 3.63) is 64.4 Å². The van der Waals surface area contributed by atoms with Crippen molar-refractivity contribution in [2.75, 3.05) is 20.7 Å². The number of benzene rings is 2. The van der Waals surface area contributed by atoms with Crippen LogP contribution in [-0.2, 0) is 17.9 Å². The highest BCUT2D eigenvalue weighted by Crippen LogP contribution is 2.17. The quantitative estimate of drug-likeness (QED) is 0.799. The van der Waals surface area contributed by atoms with Crippen LogP contribution in [0, 0.1) is 5.82 Å². The molecule has 0 radical (unpaired) electrons. The number of nitrogens with one attached hydrogen (secondary N) is 2. The lowest BCUT2D eigenvalue weighted by molar-refractivity contribution is -0.885. The lowest BCUT2D eigenvalue weighted by Gasteiger charge is -2.15. The molecule has 0 bridgehead atoms. The van der Waals surface area contributed by atoms with E-state index in [1.165, 1.54) is 6.07 Å². The van der Waals surface area contributed by atoms with Gasteiger partial charge in [0.15, 0.2) is 6.54 Å². The predicted molar refractivity (Wildman–Crippen MR) is 91.7 cm³/mol. The third-order valence-corrected chi connectivity index (χ3v) is 4.01. The lowest BCUT2D eigenvalue weighted by Crippen LogP contribution is -3.09. The second kappa shape index (κ2) is 8.66. The van der Waals surface area contributed by atoms with Gasteiger partial charge in [-0.15, -0.1) is 0 Å². The smallest absolute Gasteiger partial charge is 0.275 e. The zero-order valence-electron chi connectivity index (χ0n) is 13.7. The van der Waals surface area contributed by atoms with E-state index >= 15 is 0 Å². The molecule has 128 valence electrons. The number of carbonyl (C=O) groups is 1. The Labute approximate surface area is 146 Å². The number of carbonyl (C=O) groups excluding carboxylic acids is 1. The highest BCUT2D eigenvalue weighted by molar-refractivity contribution is 6.31. The van der Waals surface area contributed by atoms with E-state index in [-0.39, 0.29) is 18.3 Å². The molecule has 0 fully saturated rings. The number of hydrogen-bond donors (Lipinski definition) is 2. The lowest BCUT2D eigenvalue weighted by atomic mass is 10.2. The first kappa shape index (κ1) is 18.2. The summed E-state index contributed by atoms with van der Waals surface area (Å²) in [5, 5.41) is 3.24. The fraction of sp³-hybridized carbons (Fsp3) is 0.278. The Morgan fingerprint density at radius 1 is 1.25 bits per heavy atom. The van der Waals surface area contributed by atoms with Gasteiger partial charge >= 0.3 is 0 Å². The minimum Gasteiger partial charge on any atom is -0.497 e. The number of hydrogen-bond acceptors (Lipinski definition) is 2. The first-order valence-corrected chi connectivity index (χ1v) is 8.01. The fourth-order valence-electron chi connectivity index (χ4n) is 2.35. The number of rotatable bonds is 7. The van der Waals surface area contributed by atoms with Crippen LogP contribution in [-0.4, -0.2) is 26.6 Å². The van der Waals surface area contributed by atoms with Gasteiger partial charge in [0.2, 0.25) is 0 Å². The van der Waals surface area contributed by atoms with Crippen molar-refractivity contribution in [2.45, 2.75) is 13.1 Å². The predicted octanol–water partition coefficient (Wildman–Crippen LogP) is 1.82. The summed E-state index contributed by atoms with van der Waals surface area (Å²) in [6.45, 7) is 1.03. The van der Waals surface area contributed by atoms with Gasteiger partial charge in [0.25, 0.3) is 5.91 Å². The molecule has 2 N–H and O–H groups in total. The zero-order chi connectivity index (χ0) is 17.5. The molecule has 2 aromatic carbocycles. The van der Waals surface area contributed by atoms with Crippen LogP contribution >= 0.6 is 11.6 Å². The van der Waals surface area contributed by atoms with Crippen molar-refractivity contribution < 1.29 is 18.8 Å². The van der Waals surface area contributed by atoms with E-state index in [9.17, 15) is 9.18 Å². The van der Waals surface area contributed by atoms with Crippen LogP contribution in [0.1, 0.15) is 11.1 Å². The van der Waals surface area contributed by atoms with Gasteiger partial charge in [-0.25, -0.2) is 4.39 Å². The van der Waals surface area contributed by atoms with Crippen molar-refractivity contribution in [1.82, 2.24) is 5.32 Å². The number of amides is 1. The summed E-state index contributed by atoms with van der Waals surface area (Å²) in [6, 6.07) is 12.1. The Bertz CT molecular complexity index is 672. The van der Waals surface area contributed by atoms with Crippen LogP contribution in [0.3, 0.4) is 0 Å². The molecule has 0 spiro atoms. The number of methoxy groups -OCH3 is 1. The Morgan fingerprint density at radius 3 is 2.58 bits per heavy atom. The molecule has 4 nitrogen and oxygen atoms in total. The number of likely N-dealkylation sites (N-methyl/N-ethyl adjacent to an activating group) is 1. The van der Waals surface area contributed by atoms with Gasteiger partial charge in [-0.2, -0.15) is 0 Å². The molecule has 0 saturated carbocycles. The van der Waals surface area contributed by atoms with Gasteiger partial charge in [0, 0.05) is 6.54 Å². The summed E-state index contributed by atoms with van der Waals surface area (Å²) in [6.07, 6.45) is 0. The SMILES string of the molecule is COc1ccc(CNC(=O)C[NH+](C)Cc2c(F)cccc2Cl)cc1. The maximum Gasteiger partial charge on any atom is 0.275 e. The normalized spacial score (nSPS) is 11.8. The van der Waals surface area contributed by atoms with Crippen LogP contribution in [0.5, 0.6) is 5.75 Å². The second-order valence-electron chi connectivity index (χ2n) is 5.64. The van der Waals surface area contributed by atoms with Gasteiger partial charge in [-0.1, -0.05) is 29.8 Å². The van der Waals surface area contributed by atoms with E-state index in [4.69, 9.17) is 16.3 Å². The molecule has 2 aromatic rings. The maximum absolute atomic E-state index is 13.8. The monoisotopic (exact) mass is 351 g/mol. The van der Waals surface area contributed by atoms with Gasteiger partial charge in [0.05, 0.1) is 24.7 Å².